The van der Waals surface area contributed by atoms with Crippen molar-refractivity contribution in [3.05, 3.63) is 10.4 Å². The van der Waals surface area contributed by atoms with Gasteiger partial charge in [-0.05, 0) is 25.4 Å². The minimum absolute atomic E-state index is 0.0303. The van der Waals surface area contributed by atoms with Crippen molar-refractivity contribution in [1.82, 2.24) is 4.90 Å². The van der Waals surface area contributed by atoms with E-state index in [2.05, 4.69) is 14.9 Å². The second kappa shape index (κ2) is 8.74. The molecule has 18 heavy (non-hydrogen) atoms. The molecule has 1 rings (SSSR count). The maximum Gasteiger partial charge on any atom is 0.305 e. The van der Waals surface area contributed by atoms with Gasteiger partial charge in [0.05, 0.1) is 25.9 Å². The smallest absolute Gasteiger partial charge is 0.305 e. The van der Waals surface area contributed by atoms with E-state index in [0.29, 0.717) is 26.2 Å². The first-order valence-electron chi connectivity index (χ1n) is 6.26. The first-order valence-corrected chi connectivity index (χ1v) is 6.26. The molecule has 0 unspecified atom stereocenters. The first-order chi connectivity index (χ1) is 8.76. The molecule has 0 aliphatic carbocycles. The topological polar surface area (TPSA) is 87.5 Å². The molecule has 1 saturated heterocycles. The number of carbonyl (C=O) groups is 1. The lowest BCUT2D eigenvalue weighted by molar-refractivity contribution is -0.143. The van der Waals surface area contributed by atoms with Gasteiger partial charge in [0, 0.05) is 24.4 Å². The monoisotopic (exact) mass is 256 g/mol. The van der Waals surface area contributed by atoms with Crippen molar-refractivity contribution < 1.29 is 14.3 Å². The van der Waals surface area contributed by atoms with Gasteiger partial charge in [0.1, 0.15) is 0 Å². The highest BCUT2D eigenvalue weighted by Gasteiger charge is 2.19. The zero-order chi connectivity index (χ0) is 13.2. The average molecular weight is 256 g/mol. The standard InChI is InChI=1S/C11H20N4O3/c1-2-17-11(16)4-3-5-15-6-7-18-10(9-15)8-13-14-12/h10H,2-9H2,1H3/t10-/m1/s1. The maximum absolute atomic E-state index is 11.2. The number of carbonyl (C=O) groups excluding carboxylic acids is 1. The minimum Gasteiger partial charge on any atom is -0.466 e. The van der Waals surface area contributed by atoms with Gasteiger partial charge >= 0.3 is 5.97 Å². The number of hydrogen-bond donors (Lipinski definition) is 0. The van der Waals surface area contributed by atoms with E-state index in [4.69, 9.17) is 15.0 Å². The van der Waals surface area contributed by atoms with E-state index in [0.717, 1.165) is 26.1 Å². The highest BCUT2D eigenvalue weighted by molar-refractivity contribution is 5.69. The second-order valence-electron chi connectivity index (χ2n) is 4.12. The molecule has 0 amide bonds. The third kappa shape index (κ3) is 5.86. The van der Waals surface area contributed by atoms with E-state index in [1.54, 1.807) is 6.92 Å². The van der Waals surface area contributed by atoms with Gasteiger partial charge in [-0.25, -0.2) is 0 Å². The molecule has 0 bridgehead atoms. The van der Waals surface area contributed by atoms with Crippen LogP contribution in [-0.2, 0) is 14.3 Å². The fourth-order valence-electron chi connectivity index (χ4n) is 1.90. The Labute approximate surface area is 107 Å². The van der Waals surface area contributed by atoms with E-state index < -0.39 is 0 Å². The van der Waals surface area contributed by atoms with Gasteiger partial charge in [-0.3, -0.25) is 9.69 Å². The maximum atomic E-state index is 11.2. The Bertz CT molecular complexity index is 305. The molecule has 1 aliphatic heterocycles. The quantitative estimate of drug-likeness (QED) is 0.297. The molecule has 0 aromatic rings. The summed E-state index contributed by atoms with van der Waals surface area (Å²) in [6.45, 7) is 5.70. The Balaban J connectivity index is 2.17. The van der Waals surface area contributed by atoms with Crippen LogP contribution in [0.3, 0.4) is 0 Å². The van der Waals surface area contributed by atoms with Crippen LogP contribution in [0.1, 0.15) is 19.8 Å². The molecule has 0 spiro atoms. The van der Waals surface area contributed by atoms with Crippen LogP contribution in [0.4, 0.5) is 0 Å². The summed E-state index contributed by atoms with van der Waals surface area (Å²) in [6, 6.07) is 0. The lowest BCUT2D eigenvalue weighted by Crippen LogP contribution is -2.44. The van der Waals surface area contributed by atoms with Crippen LogP contribution >= 0.6 is 0 Å². The van der Waals surface area contributed by atoms with Crippen LogP contribution in [0.5, 0.6) is 0 Å². The number of nitrogens with zero attached hydrogens (tertiary/aromatic N) is 4. The largest absolute Gasteiger partial charge is 0.466 e. The van der Waals surface area contributed by atoms with Gasteiger partial charge < -0.3 is 9.47 Å². The Morgan fingerprint density at radius 3 is 3.22 bits per heavy atom. The third-order valence-electron chi connectivity index (χ3n) is 2.73. The molecule has 1 aliphatic rings. The van der Waals surface area contributed by atoms with Gasteiger partial charge in [0.2, 0.25) is 0 Å². The number of esters is 1. The van der Waals surface area contributed by atoms with Crippen LogP contribution in [0.25, 0.3) is 10.4 Å². The normalized spacial score (nSPS) is 20.2. The highest BCUT2D eigenvalue weighted by atomic mass is 16.5. The summed E-state index contributed by atoms with van der Waals surface area (Å²) in [6.07, 6.45) is 1.21. The van der Waals surface area contributed by atoms with Crippen molar-refractivity contribution in [3.63, 3.8) is 0 Å². The summed E-state index contributed by atoms with van der Waals surface area (Å²) in [4.78, 5) is 16.1. The third-order valence-corrected chi connectivity index (χ3v) is 2.73. The Morgan fingerprint density at radius 2 is 2.50 bits per heavy atom. The SMILES string of the molecule is CCOC(=O)CCCN1CCO[C@H](CN=[N+]=[N-])C1. The minimum atomic E-state index is -0.142. The van der Waals surface area contributed by atoms with Crippen molar-refractivity contribution >= 4 is 5.97 Å². The second-order valence-corrected chi connectivity index (χ2v) is 4.12. The molecule has 0 N–H and O–H groups in total. The van der Waals surface area contributed by atoms with Crippen molar-refractivity contribution in [2.75, 3.05) is 39.4 Å². The van der Waals surface area contributed by atoms with E-state index in [9.17, 15) is 4.79 Å². The molecule has 0 aromatic carbocycles. The summed E-state index contributed by atoms with van der Waals surface area (Å²) < 4.78 is 10.3. The fourth-order valence-corrected chi connectivity index (χ4v) is 1.90. The molecule has 102 valence electrons. The van der Waals surface area contributed by atoms with Crippen LogP contribution < -0.4 is 0 Å². The summed E-state index contributed by atoms with van der Waals surface area (Å²) in [7, 11) is 0. The highest BCUT2D eigenvalue weighted by Crippen LogP contribution is 2.07. The number of rotatable bonds is 7. The van der Waals surface area contributed by atoms with Gasteiger partial charge in [0.15, 0.2) is 0 Å². The number of azide groups is 1. The van der Waals surface area contributed by atoms with Crippen molar-refractivity contribution in [3.8, 4) is 0 Å². The van der Waals surface area contributed by atoms with Crippen molar-refractivity contribution in [1.29, 1.82) is 0 Å². The molecule has 0 aromatic heterocycles. The predicted octanol–water partition coefficient (Wildman–Crippen LogP) is 1.34. The van der Waals surface area contributed by atoms with Crippen LogP contribution in [0, 0.1) is 0 Å². The zero-order valence-corrected chi connectivity index (χ0v) is 10.7. The Kier molecular flexibility index (Phi) is 7.17. The molecule has 1 atom stereocenters. The van der Waals surface area contributed by atoms with E-state index >= 15 is 0 Å². The summed E-state index contributed by atoms with van der Waals surface area (Å²) in [5.74, 6) is -0.142. The predicted molar refractivity (Wildman–Crippen MR) is 66.1 cm³/mol. The molecule has 1 fully saturated rings. The van der Waals surface area contributed by atoms with Crippen molar-refractivity contribution in [2.24, 2.45) is 5.11 Å². The summed E-state index contributed by atoms with van der Waals surface area (Å²) >= 11 is 0. The fraction of sp³-hybridized carbons (Fsp3) is 0.909. The lowest BCUT2D eigenvalue weighted by Gasteiger charge is -2.32. The summed E-state index contributed by atoms with van der Waals surface area (Å²) in [5, 5.41) is 3.52. The van der Waals surface area contributed by atoms with E-state index in [-0.39, 0.29) is 12.1 Å². The number of hydrogen-bond acceptors (Lipinski definition) is 5. The number of ether oxygens (including phenoxy) is 2. The molecule has 0 radical (unpaired) electrons. The summed E-state index contributed by atoms with van der Waals surface area (Å²) in [5.41, 5.74) is 8.25. The molecule has 7 nitrogen and oxygen atoms in total. The van der Waals surface area contributed by atoms with E-state index in [1.165, 1.54) is 0 Å². The Hall–Kier alpha value is -1.30. The van der Waals surface area contributed by atoms with Gasteiger partial charge in [-0.15, -0.1) is 0 Å². The van der Waals surface area contributed by atoms with Crippen molar-refractivity contribution in [2.45, 2.75) is 25.9 Å². The Morgan fingerprint density at radius 1 is 1.67 bits per heavy atom. The van der Waals surface area contributed by atoms with Gasteiger partial charge in [0.25, 0.3) is 0 Å². The molecule has 7 heteroatoms. The molecular formula is C11H20N4O3. The van der Waals surface area contributed by atoms with Crippen LogP contribution in [0.15, 0.2) is 5.11 Å². The average Bonchev–Trinajstić information content (AvgIpc) is 2.37. The number of morpholine rings is 1. The zero-order valence-electron chi connectivity index (χ0n) is 10.7. The van der Waals surface area contributed by atoms with Gasteiger partial charge in [-0.1, -0.05) is 5.11 Å². The molecule has 0 saturated carbocycles. The molecular weight excluding hydrogens is 236 g/mol. The lowest BCUT2D eigenvalue weighted by atomic mass is 10.2. The van der Waals surface area contributed by atoms with Crippen LogP contribution in [0.2, 0.25) is 0 Å². The van der Waals surface area contributed by atoms with E-state index in [1.807, 2.05) is 0 Å². The molecule has 1 heterocycles. The van der Waals surface area contributed by atoms with Crippen LogP contribution in [-0.4, -0.2) is 56.4 Å². The first kappa shape index (κ1) is 14.8. The van der Waals surface area contributed by atoms with Gasteiger partial charge in [-0.2, -0.15) is 0 Å².